The van der Waals surface area contributed by atoms with E-state index in [1.54, 1.807) is 49.5 Å². The smallest absolute Gasteiger partial charge is 0.228 e. The van der Waals surface area contributed by atoms with E-state index in [4.69, 9.17) is 27.9 Å². The number of carbonyl (C=O) groups excluding carboxylic acids is 2. The molecule has 16 heteroatoms. The number of carbonyl (C=O) groups is 2. The van der Waals surface area contributed by atoms with Gasteiger partial charge in [0.2, 0.25) is 11.8 Å². The van der Waals surface area contributed by atoms with Crippen molar-refractivity contribution in [3.63, 3.8) is 0 Å². The van der Waals surface area contributed by atoms with E-state index in [1.807, 2.05) is 0 Å². The van der Waals surface area contributed by atoms with Crippen molar-refractivity contribution in [2.24, 2.45) is 0 Å². The van der Waals surface area contributed by atoms with Crippen LogP contribution in [0.4, 0.5) is 40.6 Å². The molecule has 0 radical (unpaired) electrons. The second-order valence-corrected chi connectivity index (χ2v) is 13.7. The van der Waals surface area contributed by atoms with Crippen LogP contribution in [0.5, 0.6) is 5.75 Å². The number of aromatic nitrogens is 4. The fourth-order valence-electron chi connectivity index (χ4n) is 6.74. The number of halogens is 6. The Balaban J connectivity index is 0.000000197. The molecule has 2 aliphatic rings. The molecule has 0 saturated carbocycles. The fourth-order valence-corrected chi connectivity index (χ4v) is 7.17. The van der Waals surface area contributed by atoms with Gasteiger partial charge in [-0.2, -0.15) is 0 Å². The van der Waals surface area contributed by atoms with Crippen molar-refractivity contribution in [3.8, 4) is 16.9 Å². The van der Waals surface area contributed by atoms with Crippen molar-refractivity contribution >= 4 is 79.8 Å². The summed E-state index contributed by atoms with van der Waals surface area (Å²) in [6, 6.07) is 7.24. The lowest BCUT2D eigenvalue weighted by Crippen LogP contribution is -2.26. The minimum atomic E-state index is -0.776. The number of methoxy groups -OCH3 is 1. The summed E-state index contributed by atoms with van der Waals surface area (Å²) in [5.74, 6) is -1.85. The fraction of sp³-hybridized carbons (Fsp3) is 0.231. The molecule has 2 saturated heterocycles. The van der Waals surface area contributed by atoms with Crippen LogP contribution in [0.3, 0.4) is 0 Å². The lowest BCUT2D eigenvalue weighted by molar-refractivity contribution is -0.117. The Morgan fingerprint density at radius 1 is 0.745 bits per heavy atom. The maximum Gasteiger partial charge on any atom is 0.228 e. The van der Waals surface area contributed by atoms with E-state index in [2.05, 4.69) is 25.3 Å². The molecule has 0 spiro atoms. The standard InChI is InChI=1S/C25H20ClF2N5O2.C14H11ClF2N2O/c1-13-24(31-19-9-21(26)30-12-17(19)14-6-16(35-2)11-29-10-14)23-18(28)7-15(27)8-20(23)32-25(13)33-5-3-4-22(33)34;1-7-13(15)12-9(17)5-8(16)6-10(12)18-14(7)19-4-2-3-11(19)20/h6-12H,3-5H2,1-2H3,(H,30,31,32);5-6H,2-4H2,1H3. The first-order valence-electron chi connectivity index (χ1n) is 17.1. The van der Waals surface area contributed by atoms with Crippen molar-refractivity contribution in [2.75, 3.05) is 35.3 Å². The van der Waals surface area contributed by atoms with Crippen molar-refractivity contribution in [1.82, 2.24) is 19.9 Å². The van der Waals surface area contributed by atoms with Gasteiger partial charge in [0, 0.05) is 84.8 Å². The number of anilines is 4. The van der Waals surface area contributed by atoms with Gasteiger partial charge in [-0.15, -0.1) is 0 Å². The first kappa shape index (κ1) is 37.7. The number of hydrogen-bond donors (Lipinski definition) is 1. The summed E-state index contributed by atoms with van der Waals surface area (Å²) >= 11 is 12.4. The van der Waals surface area contributed by atoms with Gasteiger partial charge in [0.05, 0.1) is 51.5 Å². The lowest BCUT2D eigenvalue weighted by Gasteiger charge is -2.23. The predicted octanol–water partition coefficient (Wildman–Crippen LogP) is 9.41. The average Bonchev–Trinajstić information content (AvgIpc) is 3.78. The minimum absolute atomic E-state index is 0.0482. The number of benzene rings is 2. The molecule has 4 aromatic heterocycles. The highest BCUT2D eigenvalue weighted by molar-refractivity contribution is 6.36. The quantitative estimate of drug-likeness (QED) is 0.131. The van der Waals surface area contributed by atoms with Crippen LogP contribution in [0.25, 0.3) is 32.9 Å². The predicted molar refractivity (Wildman–Crippen MR) is 203 cm³/mol. The Bertz CT molecular complexity index is 2540. The van der Waals surface area contributed by atoms with Crippen LogP contribution in [-0.4, -0.2) is 51.9 Å². The van der Waals surface area contributed by atoms with Gasteiger partial charge in [-0.3, -0.25) is 24.4 Å². The molecule has 1 N–H and O–H groups in total. The van der Waals surface area contributed by atoms with Crippen LogP contribution in [-0.2, 0) is 9.59 Å². The highest BCUT2D eigenvalue weighted by Crippen LogP contribution is 2.41. The summed E-state index contributed by atoms with van der Waals surface area (Å²) < 4.78 is 61.7. The maximum absolute atomic E-state index is 15.1. The molecule has 2 aromatic carbocycles. The third-order valence-electron chi connectivity index (χ3n) is 9.41. The number of rotatable bonds is 6. The number of hydrogen-bond acceptors (Lipinski definition) is 8. The summed E-state index contributed by atoms with van der Waals surface area (Å²) in [6.07, 6.45) is 7.06. The Labute approximate surface area is 322 Å². The van der Waals surface area contributed by atoms with Crippen LogP contribution >= 0.6 is 23.2 Å². The van der Waals surface area contributed by atoms with Gasteiger partial charge < -0.3 is 10.1 Å². The zero-order valence-corrected chi connectivity index (χ0v) is 31.1. The maximum atomic E-state index is 15.1. The third-order valence-corrected chi connectivity index (χ3v) is 10.1. The number of nitrogens with one attached hydrogen (secondary N) is 1. The van der Waals surface area contributed by atoms with E-state index >= 15 is 4.39 Å². The van der Waals surface area contributed by atoms with Gasteiger partial charge in [-0.1, -0.05) is 23.2 Å². The zero-order valence-electron chi connectivity index (χ0n) is 29.6. The second-order valence-electron chi connectivity index (χ2n) is 13.0. The van der Waals surface area contributed by atoms with Crippen LogP contribution in [0, 0.1) is 37.1 Å². The van der Waals surface area contributed by atoms with Gasteiger partial charge >= 0.3 is 0 Å². The van der Waals surface area contributed by atoms with Crippen LogP contribution in [0.1, 0.15) is 36.8 Å². The summed E-state index contributed by atoms with van der Waals surface area (Å²) in [6.45, 7) is 4.45. The Hall–Kier alpha value is -5.60. The molecule has 0 aliphatic carbocycles. The number of fused-ring (bicyclic) bond motifs is 2. The molecule has 282 valence electrons. The van der Waals surface area contributed by atoms with Gasteiger partial charge in [0.25, 0.3) is 0 Å². The summed E-state index contributed by atoms with van der Waals surface area (Å²) in [4.78, 5) is 44.4. The minimum Gasteiger partial charge on any atom is -0.495 e. The first-order valence-corrected chi connectivity index (χ1v) is 17.9. The molecule has 2 amide bonds. The largest absolute Gasteiger partial charge is 0.495 e. The summed E-state index contributed by atoms with van der Waals surface area (Å²) in [5.41, 5.74) is 3.46. The second kappa shape index (κ2) is 15.3. The third kappa shape index (κ3) is 7.31. The first-order chi connectivity index (χ1) is 26.3. The van der Waals surface area contributed by atoms with Crippen molar-refractivity contribution in [3.05, 3.63) is 99.6 Å². The molecule has 10 nitrogen and oxygen atoms in total. The molecule has 0 atom stereocenters. The normalized spacial score (nSPS) is 14.2. The van der Waals surface area contributed by atoms with E-state index in [0.29, 0.717) is 83.4 Å². The van der Waals surface area contributed by atoms with Crippen LogP contribution in [0.15, 0.2) is 55.0 Å². The van der Waals surface area contributed by atoms with Crippen molar-refractivity contribution < 1.29 is 31.9 Å². The average molecular weight is 793 g/mol. The summed E-state index contributed by atoms with van der Waals surface area (Å²) in [7, 11) is 1.54. The van der Waals surface area contributed by atoms with Gasteiger partial charge in [-0.05, 0) is 38.8 Å². The molecule has 2 aliphatic heterocycles. The van der Waals surface area contributed by atoms with E-state index in [9.17, 15) is 22.8 Å². The lowest BCUT2D eigenvalue weighted by atomic mass is 10.0. The van der Waals surface area contributed by atoms with E-state index in [1.165, 1.54) is 12.0 Å². The Kier molecular flexibility index (Phi) is 10.5. The number of amides is 2. The Morgan fingerprint density at radius 2 is 1.33 bits per heavy atom. The molecule has 0 bridgehead atoms. The Morgan fingerprint density at radius 3 is 1.91 bits per heavy atom. The highest BCUT2D eigenvalue weighted by atomic mass is 35.5. The molecule has 6 aromatic rings. The number of ether oxygens (including phenoxy) is 1. The van der Waals surface area contributed by atoms with E-state index < -0.39 is 23.3 Å². The summed E-state index contributed by atoms with van der Waals surface area (Å²) in [5, 5.41) is 3.83. The van der Waals surface area contributed by atoms with Crippen molar-refractivity contribution in [1.29, 1.82) is 0 Å². The molecule has 8 rings (SSSR count). The van der Waals surface area contributed by atoms with Crippen LogP contribution < -0.4 is 19.9 Å². The molecule has 2 fully saturated rings. The van der Waals surface area contributed by atoms with Gasteiger partial charge in [0.15, 0.2) is 0 Å². The van der Waals surface area contributed by atoms with Gasteiger partial charge in [0.1, 0.15) is 45.8 Å². The van der Waals surface area contributed by atoms with Crippen molar-refractivity contribution in [2.45, 2.75) is 39.5 Å². The molecular weight excluding hydrogens is 761 g/mol. The highest BCUT2D eigenvalue weighted by Gasteiger charge is 2.29. The molecule has 6 heterocycles. The topological polar surface area (TPSA) is 113 Å². The van der Waals surface area contributed by atoms with Crippen LogP contribution in [0.2, 0.25) is 10.2 Å². The number of pyridine rings is 4. The molecular formula is C39H31Cl2F4N7O3. The van der Waals surface area contributed by atoms with E-state index in [0.717, 1.165) is 30.7 Å². The SMILES string of the molecule is COc1cncc(-c2cnc(Cl)cc2Nc2c(C)c(N3CCCC3=O)nc3cc(F)cc(F)c23)c1.Cc1c(N2CCCC2=O)nc2cc(F)cc(F)c2c1Cl. The van der Waals surface area contributed by atoms with Gasteiger partial charge in [-0.25, -0.2) is 32.5 Å². The van der Waals surface area contributed by atoms with E-state index in [-0.39, 0.29) is 43.8 Å². The number of nitrogens with zero attached hydrogens (tertiary/aromatic N) is 6. The molecule has 55 heavy (non-hydrogen) atoms. The zero-order chi connectivity index (χ0) is 39.1. The monoisotopic (exact) mass is 791 g/mol. The molecule has 0 unspecified atom stereocenters.